The fraction of sp³-hybridized carbons (Fsp3) is 0.353. The molecule has 1 aromatic carbocycles. The molecular weight excluding hydrogens is 319 g/mol. The molecule has 0 saturated carbocycles. The van der Waals surface area contributed by atoms with Crippen molar-refractivity contribution in [1.82, 2.24) is 4.98 Å². The van der Waals surface area contributed by atoms with Gasteiger partial charge >= 0.3 is 6.18 Å². The number of benzene rings is 1. The summed E-state index contributed by atoms with van der Waals surface area (Å²) in [5, 5.41) is 10.4. The predicted octanol–water partition coefficient (Wildman–Crippen LogP) is 3.84. The minimum atomic E-state index is -4.31. The van der Waals surface area contributed by atoms with Crippen LogP contribution in [0.5, 0.6) is 0 Å². The molecule has 0 aliphatic rings. The summed E-state index contributed by atoms with van der Waals surface area (Å²) < 4.78 is 38.4. The maximum absolute atomic E-state index is 12.8. The van der Waals surface area contributed by atoms with Crippen molar-refractivity contribution in [2.24, 2.45) is 0 Å². The van der Waals surface area contributed by atoms with Crippen molar-refractivity contribution < 1.29 is 18.0 Å². The molecule has 0 amide bonds. The molecular formula is C17H16F3N3O. The second-order valence-corrected chi connectivity index (χ2v) is 5.50. The van der Waals surface area contributed by atoms with Crippen molar-refractivity contribution in [3.63, 3.8) is 0 Å². The SMILES string of the molecule is CN(c1ccc2c(C#N)nccc2c1)[C@H](CCC=O)CC(F)(F)F. The number of fused-ring (bicyclic) bond motifs is 1. The Morgan fingerprint density at radius 2 is 2.12 bits per heavy atom. The summed E-state index contributed by atoms with van der Waals surface area (Å²) in [7, 11) is 1.58. The number of hydrogen-bond acceptors (Lipinski definition) is 4. The number of carbonyl (C=O) groups is 1. The van der Waals surface area contributed by atoms with Crippen LogP contribution in [0.25, 0.3) is 10.8 Å². The van der Waals surface area contributed by atoms with Crippen molar-refractivity contribution in [3.05, 3.63) is 36.2 Å². The summed E-state index contributed by atoms with van der Waals surface area (Å²) >= 11 is 0. The highest BCUT2D eigenvalue weighted by Gasteiger charge is 2.33. The Labute approximate surface area is 137 Å². The number of nitrogens with zero attached hydrogens (tertiary/aromatic N) is 3. The van der Waals surface area contributed by atoms with E-state index < -0.39 is 18.6 Å². The van der Waals surface area contributed by atoms with Crippen LogP contribution in [0.15, 0.2) is 30.5 Å². The molecule has 1 atom stereocenters. The van der Waals surface area contributed by atoms with E-state index in [0.29, 0.717) is 17.4 Å². The van der Waals surface area contributed by atoms with Crippen molar-refractivity contribution in [1.29, 1.82) is 5.26 Å². The molecule has 1 heterocycles. The van der Waals surface area contributed by atoms with Crippen molar-refractivity contribution >= 4 is 22.7 Å². The van der Waals surface area contributed by atoms with Gasteiger partial charge in [0.25, 0.3) is 0 Å². The lowest BCUT2D eigenvalue weighted by Crippen LogP contribution is -2.35. The maximum atomic E-state index is 12.8. The van der Waals surface area contributed by atoms with E-state index in [0.717, 1.165) is 5.39 Å². The molecule has 0 unspecified atom stereocenters. The van der Waals surface area contributed by atoms with E-state index >= 15 is 0 Å². The number of aromatic nitrogens is 1. The normalized spacial score (nSPS) is 12.6. The van der Waals surface area contributed by atoms with Crippen molar-refractivity contribution in [2.75, 3.05) is 11.9 Å². The average molecular weight is 335 g/mol. The summed E-state index contributed by atoms with van der Waals surface area (Å²) in [6.07, 6.45) is -2.99. The highest BCUT2D eigenvalue weighted by Crippen LogP contribution is 2.30. The molecule has 0 aliphatic carbocycles. The second kappa shape index (κ2) is 7.30. The molecule has 0 bridgehead atoms. The average Bonchev–Trinajstić information content (AvgIpc) is 2.55. The van der Waals surface area contributed by atoms with Crippen LogP contribution in [0.1, 0.15) is 25.0 Å². The first kappa shape index (κ1) is 17.7. The fourth-order valence-electron chi connectivity index (χ4n) is 2.64. The molecule has 0 fully saturated rings. The maximum Gasteiger partial charge on any atom is 0.391 e. The summed E-state index contributed by atoms with van der Waals surface area (Å²) in [5.74, 6) is 0. The van der Waals surface area contributed by atoms with Crippen LogP contribution in [-0.2, 0) is 4.79 Å². The lowest BCUT2D eigenvalue weighted by atomic mass is 10.0. The number of carbonyl (C=O) groups excluding carboxylic acids is 1. The van der Waals surface area contributed by atoms with Crippen LogP contribution in [0.2, 0.25) is 0 Å². The van der Waals surface area contributed by atoms with Gasteiger partial charge in [0.05, 0.1) is 6.42 Å². The molecule has 0 spiro atoms. The van der Waals surface area contributed by atoms with Crippen LogP contribution in [0, 0.1) is 11.3 Å². The van der Waals surface area contributed by atoms with Crippen LogP contribution in [0.3, 0.4) is 0 Å². The Kier molecular flexibility index (Phi) is 5.39. The van der Waals surface area contributed by atoms with Crippen molar-refractivity contribution in [3.8, 4) is 6.07 Å². The largest absolute Gasteiger partial charge is 0.391 e. The third kappa shape index (κ3) is 4.22. The van der Waals surface area contributed by atoms with Crippen LogP contribution < -0.4 is 4.90 Å². The van der Waals surface area contributed by atoms with E-state index in [1.165, 1.54) is 11.1 Å². The van der Waals surface area contributed by atoms with Gasteiger partial charge in [-0.25, -0.2) is 4.98 Å². The highest BCUT2D eigenvalue weighted by atomic mass is 19.4. The molecule has 4 nitrogen and oxygen atoms in total. The standard InChI is InChI=1S/C17H16F3N3O/c1-23(14(3-2-8-24)10-17(18,19)20)13-4-5-15-12(9-13)6-7-22-16(15)11-21/h4-9,14H,2-3,10H2,1H3/t14-/m1/s1. The van der Waals surface area contributed by atoms with Gasteiger partial charge in [0.1, 0.15) is 18.0 Å². The quantitative estimate of drug-likeness (QED) is 0.753. The van der Waals surface area contributed by atoms with Crippen LogP contribution in [-0.4, -0.2) is 30.5 Å². The summed E-state index contributed by atoms with van der Waals surface area (Å²) in [6, 6.07) is 7.93. The summed E-state index contributed by atoms with van der Waals surface area (Å²) in [6.45, 7) is 0. The third-order valence-corrected chi connectivity index (χ3v) is 3.89. The van der Waals surface area contributed by atoms with Gasteiger partial charge in [-0.1, -0.05) is 0 Å². The number of alkyl halides is 3. The molecule has 1 aromatic heterocycles. The van der Waals surface area contributed by atoms with Gasteiger partial charge in [-0.2, -0.15) is 18.4 Å². The summed E-state index contributed by atoms with van der Waals surface area (Å²) in [5.41, 5.74) is 0.868. The Balaban J connectivity index is 2.34. The number of aldehydes is 1. The number of halogens is 3. The molecule has 24 heavy (non-hydrogen) atoms. The first-order valence-electron chi connectivity index (χ1n) is 7.38. The molecule has 7 heteroatoms. The number of rotatable bonds is 6. The topological polar surface area (TPSA) is 57.0 Å². The number of pyridine rings is 1. The molecule has 2 rings (SSSR count). The zero-order chi connectivity index (χ0) is 17.7. The first-order valence-corrected chi connectivity index (χ1v) is 7.38. The fourth-order valence-corrected chi connectivity index (χ4v) is 2.64. The second-order valence-electron chi connectivity index (χ2n) is 5.50. The smallest absolute Gasteiger partial charge is 0.371 e. The van der Waals surface area contributed by atoms with Gasteiger partial charge in [-0.15, -0.1) is 0 Å². The Morgan fingerprint density at radius 1 is 1.38 bits per heavy atom. The van der Waals surface area contributed by atoms with Gasteiger partial charge in [0.2, 0.25) is 0 Å². The predicted molar refractivity (Wildman–Crippen MR) is 84.6 cm³/mol. The minimum Gasteiger partial charge on any atom is -0.371 e. The minimum absolute atomic E-state index is 0.0706. The Hall–Kier alpha value is -2.62. The van der Waals surface area contributed by atoms with Gasteiger partial charge < -0.3 is 9.69 Å². The lowest BCUT2D eigenvalue weighted by Gasteiger charge is -2.30. The monoisotopic (exact) mass is 335 g/mol. The molecule has 0 aliphatic heterocycles. The van der Waals surface area contributed by atoms with E-state index in [1.54, 1.807) is 31.3 Å². The molecule has 2 aromatic rings. The third-order valence-electron chi connectivity index (χ3n) is 3.89. The highest BCUT2D eigenvalue weighted by molar-refractivity contribution is 5.89. The van der Waals surface area contributed by atoms with E-state index in [-0.39, 0.29) is 18.5 Å². The van der Waals surface area contributed by atoms with Gasteiger partial charge in [-0.05, 0) is 36.1 Å². The molecule has 126 valence electrons. The Morgan fingerprint density at radius 3 is 2.75 bits per heavy atom. The van der Waals surface area contributed by atoms with Crippen molar-refractivity contribution in [2.45, 2.75) is 31.5 Å². The summed E-state index contributed by atoms with van der Waals surface area (Å²) in [4.78, 5) is 16.0. The first-order chi connectivity index (χ1) is 11.4. The number of anilines is 1. The van der Waals surface area contributed by atoms with E-state index in [9.17, 15) is 18.0 Å². The zero-order valence-corrected chi connectivity index (χ0v) is 13.0. The molecule has 0 N–H and O–H groups in total. The Bertz CT molecular complexity index is 768. The zero-order valence-electron chi connectivity index (χ0n) is 13.0. The molecule has 0 radical (unpaired) electrons. The number of nitriles is 1. The number of hydrogen-bond donors (Lipinski definition) is 0. The van der Waals surface area contributed by atoms with Gasteiger partial charge in [-0.3, -0.25) is 0 Å². The van der Waals surface area contributed by atoms with Gasteiger partial charge in [0, 0.05) is 36.8 Å². The van der Waals surface area contributed by atoms with E-state index in [2.05, 4.69) is 4.98 Å². The van der Waals surface area contributed by atoms with E-state index in [4.69, 9.17) is 5.26 Å². The van der Waals surface area contributed by atoms with Crippen LogP contribution >= 0.6 is 0 Å². The molecule has 0 saturated heterocycles. The van der Waals surface area contributed by atoms with Gasteiger partial charge in [0.15, 0.2) is 0 Å². The van der Waals surface area contributed by atoms with Crippen LogP contribution in [0.4, 0.5) is 18.9 Å². The lowest BCUT2D eigenvalue weighted by molar-refractivity contribution is -0.139. The van der Waals surface area contributed by atoms with E-state index in [1.807, 2.05) is 6.07 Å².